The molecule has 19 heavy (non-hydrogen) atoms. The predicted octanol–water partition coefficient (Wildman–Crippen LogP) is 0.689. The van der Waals surface area contributed by atoms with Crippen LogP contribution < -0.4 is 4.72 Å². The molecule has 0 unspecified atom stereocenters. The first-order valence-corrected chi connectivity index (χ1v) is 7.20. The maximum Gasteiger partial charge on any atom is 0.242 e. The number of sulfonamides is 1. The van der Waals surface area contributed by atoms with E-state index in [0.29, 0.717) is 11.4 Å². The van der Waals surface area contributed by atoms with Crippen LogP contribution >= 0.6 is 0 Å². The number of aromatic nitrogens is 2. The van der Waals surface area contributed by atoms with E-state index >= 15 is 0 Å². The molecule has 0 aliphatic heterocycles. The molecule has 0 saturated heterocycles. The van der Waals surface area contributed by atoms with Gasteiger partial charge in [0.15, 0.2) is 0 Å². The van der Waals surface area contributed by atoms with Crippen LogP contribution in [0.1, 0.15) is 17.1 Å². The van der Waals surface area contributed by atoms with Gasteiger partial charge in [-0.3, -0.25) is 4.98 Å². The number of hydrogen-bond acceptors (Lipinski definition) is 4. The second-order valence-corrected chi connectivity index (χ2v) is 5.88. The van der Waals surface area contributed by atoms with E-state index in [-0.39, 0.29) is 18.0 Å². The number of H-pyrrole nitrogens is 1. The zero-order valence-corrected chi connectivity index (χ0v) is 11.2. The van der Waals surface area contributed by atoms with Crippen LogP contribution in [0.4, 0.5) is 0 Å². The minimum absolute atomic E-state index is 0.101. The summed E-state index contributed by atoms with van der Waals surface area (Å²) in [6.07, 6.45) is 1.34. The molecule has 0 aliphatic rings. The third kappa shape index (κ3) is 3.40. The van der Waals surface area contributed by atoms with Crippen LogP contribution in [0.25, 0.3) is 0 Å². The lowest BCUT2D eigenvalue weighted by Gasteiger charge is -2.05. The molecule has 7 heteroatoms. The van der Waals surface area contributed by atoms with E-state index in [2.05, 4.69) is 14.7 Å². The molecule has 2 heterocycles. The molecule has 0 amide bonds. The van der Waals surface area contributed by atoms with Gasteiger partial charge in [0.25, 0.3) is 0 Å². The number of rotatable bonds is 5. The highest BCUT2D eigenvalue weighted by Gasteiger charge is 2.15. The molecule has 0 spiro atoms. The Morgan fingerprint density at radius 1 is 1.42 bits per heavy atom. The monoisotopic (exact) mass is 281 g/mol. The van der Waals surface area contributed by atoms with E-state index in [1.807, 2.05) is 19.1 Å². The van der Waals surface area contributed by atoms with Gasteiger partial charge in [0.05, 0.1) is 23.7 Å². The number of aliphatic hydroxyl groups excluding tert-OH is 1. The summed E-state index contributed by atoms with van der Waals surface area (Å²) in [5.74, 6) is 0. The van der Waals surface area contributed by atoms with E-state index < -0.39 is 10.0 Å². The normalized spacial score (nSPS) is 11.7. The van der Waals surface area contributed by atoms with Gasteiger partial charge in [0.2, 0.25) is 10.0 Å². The molecule has 0 aliphatic carbocycles. The highest BCUT2D eigenvalue weighted by Crippen LogP contribution is 2.11. The molecule has 0 atom stereocenters. The van der Waals surface area contributed by atoms with Crippen LogP contribution in [0.3, 0.4) is 0 Å². The first kappa shape index (κ1) is 13.7. The summed E-state index contributed by atoms with van der Waals surface area (Å²) >= 11 is 0. The average molecular weight is 281 g/mol. The molecular weight excluding hydrogens is 266 g/mol. The van der Waals surface area contributed by atoms with Crippen molar-refractivity contribution in [3.05, 3.63) is 47.5 Å². The Hall–Kier alpha value is -1.70. The summed E-state index contributed by atoms with van der Waals surface area (Å²) in [6.45, 7) is 1.75. The van der Waals surface area contributed by atoms with Crippen molar-refractivity contribution in [2.45, 2.75) is 25.0 Å². The second kappa shape index (κ2) is 5.52. The standard InChI is InChI=1S/C12H15N3O3S/c1-9-3-2-4-10(15-9)6-14-19(17,18)12-5-11(8-16)13-7-12/h2-5,7,13-14,16H,6,8H2,1H3. The van der Waals surface area contributed by atoms with Gasteiger partial charge < -0.3 is 10.1 Å². The number of aliphatic hydroxyl groups is 1. The number of aryl methyl sites for hydroxylation is 1. The summed E-state index contributed by atoms with van der Waals surface area (Å²) in [4.78, 5) is 7.00. The Balaban J connectivity index is 2.09. The molecular formula is C12H15N3O3S. The molecule has 0 fully saturated rings. The van der Waals surface area contributed by atoms with Crippen LogP contribution in [0.2, 0.25) is 0 Å². The predicted molar refractivity (Wildman–Crippen MR) is 69.7 cm³/mol. The van der Waals surface area contributed by atoms with Crippen molar-refractivity contribution in [2.24, 2.45) is 0 Å². The Labute approximate surface area is 111 Å². The lowest BCUT2D eigenvalue weighted by Crippen LogP contribution is -2.23. The molecule has 2 aromatic heterocycles. The van der Waals surface area contributed by atoms with Gasteiger partial charge in [-0.1, -0.05) is 6.07 Å². The third-order valence-electron chi connectivity index (χ3n) is 2.59. The van der Waals surface area contributed by atoms with Crippen molar-refractivity contribution >= 4 is 10.0 Å². The van der Waals surface area contributed by atoms with Crippen LogP contribution in [0, 0.1) is 6.92 Å². The van der Waals surface area contributed by atoms with Crippen molar-refractivity contribution in [3.8, 4) is 0 Å². The molecule has 2 rings (SSSR count). The maximum atomic E-state index is 12.0. The minimum atomic E-state index is -3.59. The van der Waals surface area contributed by atoms with Crippen molar-refractivity contribution in [1.29, 1.82) is 0 Å². The van der Waals surface area contributed by atoms with E-state index in [0.717, 1.165) is 5.69 Å². The quantitative estimate of drug-likeness (QED) is 0.751. The number of nitrogens with one attached hydrogen (secondary N) is 2. The number of hydrogen-bond donors (Lipinski definition) is 3. The van der Waals surface area contributed by atoms with Crippen molar-refractivity contribution in [1.82, 2.24) is 14.7 Å². The smallest absolute Gasteiger partial charge is 0.242 e. The first-order valence-electron chi connectivity index (χ1n) is 5.71. The summed E-state index contributed by atoms with van der Waals surface area (Å²) < 4.78 is 26.4. The van der Waals surface area contributed by atoms with Crippen LogP contribution in [-0.4, -0.2) is 23.5 Å². The Morgan fingerprint density at radius 3 is 2.84 bits per heavy atom. The summed E-state index contributed by atoms with van der Waals surface area (Å²) in [5.41, 5.74) is 1.94. The van der Waals surface area contributed by atoms with Gasteiger partial charge in [0.1, 0.15) is 0 Å². The van der Waals surface area contributed by atoms with E-state index in [4.69, 9.17) is 5.11 Å². The SMILES string of the molecule is Cc1cccc(CNS(=O)(=O)c2c[nH]c(CO)c2)n1. The first-order chi connectivity index (χ1) is 9.01. The van der Waals surface area contributed by atoms with E-state index in [1.54, 1.807) is 6.07 Å². The number of aromatic amines is 1. The molecule has 102 valence electrons. The molecule has 2 aromatic rings. The fourth-order valence-corrected chi connectivity index (χ4v) is 2.63. The largest absolute Gasteiger partial charge is 0.390 e. The third-order valence-corrected chi connectivity index (χ3v) is 3.97. The fourth-order valence-electron chi connectivity index (χ4n) is 1.62. The topological polar surface area (TPSA) is 95.1 Å². The maximum absolute atomic E-state index is 12.0. The Kier molecular flexibility index (Phi) is 3.98. The second-order valence-electron chi connectivity index (χ2n) is 4.11. The van der Waals surface area contributed by atoms with Crippen molar-refractivity contribution in [3.63, 3.8) is 0 Å². The van der Waals surface area contributed by atoms with E-state index in [1.165, 1.54) is 12.3 Å². The Morgan fingerprint density at radius 2 is 2.21 bits per heavy atom. The molecule has 3 N–H and O–H groups in total. The summed E-state index contributed by atoms with van der Waals surface area (Å²) in [7, 11) is -3.59. The van der Waals surface area contributed by atoms with Gasteiger partial charge in [0, 0.05) is 17.6 Å². The minimum Gasteiger partial charge on any atom is -0.390 e. The van der Waals surface area contributed by atoms with Crippen LogP contribution in [0.5, 0.6) is 0 Å². The molecule has 0 aromatic carbocycles. The highest BCUT2D eigenvalue weighted by molar-refractivity contribution is 7.89. The Bertz CT molecular complexity index is 664. The molecule has 6 nitrogen and oxygen atoms in total. The molecule has 0 radical (unpaired) electrons. The van der Waals surface area contributed by atoms with Gasteiger partial charge in [-0.2, -0.15) is 0 Å². The zero-order valence-electron chi connectivity index (χ0n) is 10.4. The van der Waals surface area contributed by atoms with Gasteiger partial charge in [-0.15, -0.1) is 0 Å². The number of nitrogens with zero attached hydrogens (tertiary/aromatic N) is 1. The van der Waals surface area contributed by atoms with Crippen LogP contribution in [0.15, 0.2) is 35.4 Å². The molecule has 0 saturated carbocycles. The summed E-state index contributed by atoms with van der Waals surface area (Å²) in [6, 6.07) is 6.82. The zero-order chi connectivity index (χ0) is 13.9. The molecule has 0 bridgehead atoms. The van der Waals surface area contributed by atoms with Crippen molar-refractivity contribution in [2.75, 3.05) is 0 Å². The van der Waals surface area contributed by atoms with Gasteiger partial charge in [-0.05, 0) is 25.1 Å². The van der Waals surface area contributed by atoms with Crippen LogP contribution in [-0.2, 0) is 23.2 Å². The summed E-state index contributed by atoms with van der Waals surface area (Å²) in [5, 5.41) is 8.90. The fraction of sp³-hybridized carbons (Fsp3) is 0.250. The number of pyridine rings is 1. The highest BCUT2D eigenvalue weighted by atomic mass is 32.2. The van der Waals surface area contributed by atoms with E-state index in [9.17, 15) is 8.42 Å². The van der Waals surface area contributed by atoms with Gasteiger partial charge >= 0.3 is 0 Å². The lowest BCUT2D eigenvalue weighted by molar-refractivity contribution is 0.277. The van der Waals surface area contributed by atoms with Gasteiger partial charge in [-0.25, -0.2) is 13.1 Å². The van der Waals surface area contributed by atoms with Crippen molar-refractivity contribution < 1.29 is 13.5 Å². The lowest BCUT2D eigenvalue weighted by atomic mass is 10.3. The average Bonchev–Trinajstić information content (AvgIpc) is 2.86.